The van der Waals surface area contributed by atoms with E-state index in [1.807, 2.05) is 72.8 Å². The van der Waals surface area contributed by atoms with E-state index in [0.717, 1.165) is 16.7 Å². The van der Waals surface area contributed by atoms with Crippen LogP contribution in [0.15, 0.2) is 84.9 Å². The molecule has 1 radical (unpaired) electrons. The largest absolute Gasteiger partial charge is 0.489 e. The standard InChI is InChI=1S/C24H23N2O4/c25-23(27)22(26-24(28)30-17-20-9-5-2-6-10-20)15-18-11-13-21(14-12-18)29-16-19-7-3-1-4-8-19/h1-14,22,25H,15-17H2,(H,26,28). The normalized spacial score (nSPS) is 11.3. The maximum Gasteiger partial charge on any atom is 0.408 e. The first-order valence-electron chi connectivity index (χ1n) is 9.58. The fourth-order valence-electron chi connectivity index (χ4n) is 2.81. The van der Waals surface area contributed by atoms with Gasteiger partial charge in [-0.05, 0) is 28.8 Å². The van der Waals surface area contributed by atoms with Crippen molar-refractivity contribution < 1.29 is 19.1 Å². The molecule has 3 rings (SSSR count). The van der Waals surface area contributed by atoms with Crippen molar-refractivity contribution in [1.82, 2.24) is 11.1 Å². The van der Waals surface area contributed by atoms with Crippen molar-refractivity contribution in [3.05, 3.63) is 102 Å². The van der Waals surface area contributed by atoms with E-state index in [1.165, 1.54) is 0 Å². The Balaban J connectivity index is 1.50. The van der Waals surface area contributed by atoms with Gasteiger partial charge in [0.2, 0.25) is 0 Å². The van der Waals surface area contributed by atoms with Gasteiger partial charge in [0.25, 0.3) is 5.91 Å². The molecule has 1 atom stereocenters. The van der Waals surface area contributed by atoms with E-state index < -0.39 is 18.0 Å². The summed E-state index contributed by atoms with van der Waals surface area (Å²) in [5.41, 5.74) is 10.2. The first-order valence-corrected chi connectivity index (χ1v) is 9.58. The fourth-order valence-corrected chi connectivity index (χ4v) is 2.81. The third-order valence-electron chi connectivity index (χ3n) is 4.43. The van der Waals surface area contributed by atoms with Crippen LogP contribution in [0.1, 0.15) is 16.7 Å². The van der Waals surface area contributed by atoms with Crippen molar-refractivity contribution in [2.75, 3.05) is 0 Å². The zero-order valence-corrected chi connectivity index (χ0v) is 16.4. The van der Waals surface area contributed by atoms with Crippen LogP contribution in [0, 0.1) is 0 Å². The Kier molecular flexibility index (Phi) is 7.44. The summed E-state index contributed by atoms with van der Waals surface area (Å²) in [5, 5.41) is 2.47. The average Bonchev–Trinajstić information content (AvgIpc) is 2.78. The average molecular weight is 403 g/mol. The Hall–Kier alpha value is -3.80. The van der Waals surface area contributed by atoms with Crippen LogP contribution in [0.25, 0.3) is 0 Å². The zero-order chi connectivity index (χ0) is 21.2. The van der Waals surface area contributed by atoms with Gasteiger partial charge in [-0.1, -0.05) is 72.8 Å². The number of rotatable bonds is 9. The maximum absolute atomic E-state index is 12.0. The van der Waals surface area contributed by atoms with Crippen LogP contribution in [0.5, 0.6) is 5.75 Å². The molecule has 30 heavy (non-hydrogen) atoms. The van der Waals surface area contributed by atoms with E-state index in [2.05, 4.69) is 5.32 Å². The minimum Gasteiger partial charge on any atom is -0.489 e. The molecule has 0 aromatic heterocycles. The van der Waals surface area contributed by atoms with Gasteiger partial charge >= 0.3 is 6.09 Å². The Labute approximate surface area is 175 Å². The second kappa shape index (κ2) is 10.7. The third-order valence-corrected chi connectivity index (χ3v) is 4.43. The van der Waals surface area contributed by atoms with Crippen molar-refractivity contribution in [2.24, 2.45) is 0 Å². The third kappa shape index (κ3) is 6.67. The number of carbonyl (C=O) groups is 2. The van der Waals surface area contributed by atoms with E-state index in [-0.39, 0.29) is 13.0 Å². The van der Waals surface area contributed by atoms with E-state index in [0.29, 0.717) is 12.4 Å². The molecule has 6 heteroatoms. The summed E-state index contributed by atoms with van der Waals surface area (Å²) >= 11 is 0. The molecule has 0 saturated carbocycles. The smallest absolute Gasteiger partial charge is 0.408 e. The molecule has 6 nitrogen and oxygen atoms in total. The second-order valence-corrected chi connectivity index (χ2v) is 6.75. The van der Waals surface area contributed by atoms with E-state index in [4.69, 9.17) is 15.2 Å². The predicted molar refractivity (Wildman–Crippen MR) is 113 cm³/mol. The molecule has 153 valence electrons. The number of ether oxygens (including phenoxy) is 2. The van der Waals surface area contributed by atoms with Crippen LogP contribution in [-0.2, 0) is 29.2 Å². The molecule has 2 N–H and O–H groups in total. The minimum absolute atomic E-state index is 0.0963. The summed E-state index contributed by atoms with van der Waals surface area (Å²) in [7, 11) is 0. The molecule has 3 aromatic rings. The number of alkyl carbamates (subject to hydrolysis) is 1. The lowest BCUT2D eigenvalue weighted by molar-refractivity contribution is -0.120. The highest BCUT2D eigenvalue weighted by atomic mass is 16.5. The molecule has 0 saturated heterocycles. The van der Waals surface area contributed by atoms with Crippen molar-refractivity contribution in [1.29, 1.82) is 0 Å². The second-order valence-electron chi connectivity index (χ2n) is 6.75. The van der Waals surface area contributed by atoms with Gasteiger partial charge in [-0.2, -0.15) is 0 Å². The van der Waals surface area contributed by atoms with Gasteiger partial charge in [-0.25, -0.2) is 4.79 Å². The molecule has 0 fully saturated rings. The highest BCUT2D eigenvalue weighted by Gasteiger charge is 2.20. The quantitative estimate of drug-likeness (QED) is 0.587. The van der Waals surface area contributed by atoms with Crippen LogP contribution in [-0.4, -0.2) is 18.0 Å². The van der Waals surface area contributed by atoms with Crippen molar-refractivity contribution in [2.45, 2.75) is 25.7 Å². The summed E-state index contributed by atoms with van der Waals surface area (Å²) in [6.45, 7) is 0.557. The number of hydrogen-bond acceptors (Lipinski definition) is 4. The summed E-state index contributed by atoms with van der Waals surface area (Å²) in [6.07, 6.45) is -0.533. The zero-order valence-electron chi connectivity index (χ0n) is 16.4. The molecule has 0 aliphatic carbocycles. The Morgan fingerprint density at radius 3 is 1.90 bits per heavy atom. The van der Waals surface area contributed by atoms with Gasteiger partial charge in [0.05, 0.1) is 0 Å². The number of amides is 2. The Bertz CT molecular complexity index is 944. The molecule has 0 bridgehead atoms. The molecule has 0 spiro atoms. The number of nitrogens with one attached hydrogen (secondary N) is 2. The molecular weight excluding hydrogens is 380 g/mol. The number of carbonyl (C=O) groups excluding carboxylic acids is 2. The highest BCUT2D eigenvalue weighted by molar-refractivity contribution is 5.84. The first-order chi connectivity index (χ1) is 14.6. The van der Waals surface area contributed by atoms with Crippen molar-refractivity contribution >= 4 is 12.0 Å². The summed E-state index contributed by atoms with van der Waals surface area (Å²) < 4.78 is 10.9. The summed E-state index contributed by atoms with van der Waals surface area (Å²) in [4.78, 5) is 23.7. The van der Waals surface area contributed by atoms with Crippen molar-refractivity contribution in [3.63, 3.8) is 0 Å². The van der Waals surface area contributed by atoms with Crippen molar-refractivity contribution in [3.8, 4) is 5.75 Å². The lowest BCUT2D eigenvalue weighted by atomic mass is 10.1. The number of hydrogen-bond donors (Lipinski definition) is 1. The SMILES string of the molecule is [NH]C(=O)C(Cc1ccc(OCc2ccccc2)cc1)NC(=O)OCc1ccccc1. The Morgan fingerprint density at radius 2 is 1.33 bits per heavy atom. The molecule has 2 amide bonds. The van der Waals surface area contributed by atoms with Gasteiger partial charge in [0, 0.05) is 6.42 Å². The molecule has 0 heterocycles. The highest BCUT2D eigenvalue weighted by Crippen LogP contribution is 2.15. The predicted octanol–water partition coefficient (Wildman–Crippen LogP) is 3.91. The Morgan fingerprint density at radius 1 is 0.767 bits per heavy atom. The van der Waals surface area contributed by atoms with E-state index >= 15 is 0 Å². The van der Waals surface area contributed by atoms with Gasteiger partial charge in [-0.15, -0.1) is 0 Å². The van der Waals surface area contributed by atoms with Gasteiger partial charge in [0.15, 0.2) is 0 Å². The maximum atomic E-state index is 12.0. The topological polar surface area (TPSA) is 88.4 Å². The lowest BCUT2D eigenvalue weighted by Crippen LogP contribution is -2.43. The minimum atomic E-state index is -0.982. The van der Waals surface area contributed by atoms with Crippen LogP contribution in [0.3, 0.4) is 0 Å². The summed E-state index contributed by atoms with van der Waals surface area (Å²) in [5.74, 6) is -0.178. The molecule has 0 aliphatic rings. The van der Waals surface area contributed by atoms with Gasteiger partial charge < -0.3 is 14.8 Å². The monoisotopic (exact) mass is 403 g/mol. The number of benzene rings is 3. The molecular formula is C24H23N2O4. The van der Waals surface area contributed by atoms with Crippen LogP contribution >= 0.6 is 0 Å². The lowest BCUT2D eigenvalue weighted by Gasteiger charge is -2.15. The summed E-state index contributed by atoms with van der Waals surface area (Å²) in [6, 6.07) is 25.3. The van der Waals surface area contributed by atoms with Gasteiger partial charge in [0.1, 0.15) is 25.0 Å². The fraction of sp³-hybridized carbons (Fsp3) is 0.167. The first kappa shape index (κ1) is 20.9. The van der Waals surface area contributed by atoms with E-state index in [1.54, 1.807) is 12.1 Å². The molecule has 0 aliphatic heterocycles. The molecule has 1 unspecified atom stereocenters. The van der Waals surface area contributed by atoms with Gasteiger partial charge in [-0.3, -0.25) is 10.5 Å². The van der Waals surface area contributed by atoms with E-state index in [9.17, 15) is 9.59 Å². The van der Waals surface area contributed by atoms with Crippen LogP contribution in [0.2, 0.25) is 0 Å². The van der Waals surface area contributed by atoms with Crippen LogP contribution in [0.4, 0.5) is 4.79 Å². The molecule has 3 aromatic carbocycles. The van der Waals surface area contributed by atoms with Crippen LogP contribution < -0.4 is 15.8 Å².